The van der Waals surface area contributed by atoms with E-state index in [0.717, 1.165) is 12.8 Å². The second kappa shape index (κ2) is 3.92. The van der Waals surface area contributed by atoms with Gasteiger partial charge in [0.1, 0.15) is 5.52 Å². The third-order valence-electron chi connectivity index (χ3n) is 2.75. The van der Waals surface area contributed by atoms with Crippen LogP contribution in [0.3, 0.4) is 0 Å². The molecule has 0 radical (unpaired) electrons. The molecule has 1 fully saturated rings. The first-order valence-corrected chi connectivity index (χ1v) is 5.97. The summed E-state index contributed by atoms with van der Waals surface area (Å²) in [4.78, 5) is 23.7. The molecule has 1 aliphatic carbocycles. The molecule has 17 heavy (non-hydrogen) atoms. The van der Waals surface area contributed by atoms with E-state index in [1.165, 1.54) is 0 Å². The summed E-state index contributed by atoms with van der Waals surface area (Å²) < 4.78 is 1.66. The Morgan fingerprint density at radius 1 is 1.41 bits per heavy atom. The molecule has 0 amide bonds. The van der Waals surface area contributed by atoms with E-state index in [4.69, 9.17) is 23.2 Å². The number of carbonyl (C=O) groups is 1. The van der Waals surface area contributed by atoms with Gasteiger partial charge in [0.25, 0.3) is 0 Å². The van der Waals surface area contributed by atoms with Gasteiger partial charge in [-0.2, -0.15) is 4.98 Å². The van der Waals surface area contributed by atoms with Crippen molar-refractivity contribution in [3.8, 4) is 0 Å². The number of fused-ring (bicyclic) bond motifs is 1. The maximum atomic E-state index is 11.7. The van der Waals surface area contributed by atoms with E-state index in [0.29, 0.717) is 11.2 Å². The maximum absolute atomic E-state index is 11.7. The molecule has 0 bridgehead atoms. The summed E-state index contributed by atoms with van der Waals surface area (Å²) in [5.74, 6) is 0.412. The van der Waals surface area contributed by atoms with Crippen LogP contribution < -0.4 is 0 Å². The maximum Gasteiger partial charge on any atom is 0.225 e. The molecule has 0 unspecified atom stereocenters. The van der Waals surface area contributed by atoms with E-state index in [1.54, 1.807) is 10.9 Å². The molecule has 1 aliphatic rings. The number of halogens is 2. The lowest BCUT2D eigenvalue weighted by Crippen LogP contribution is -2.11. The highest BCUT2D eigenvalue weighted by Gasteiger charge is 2.29. The molecule has 0 spiro atoms. The van der Waals surface area contributed by atoms with Gasteiger partial charge in [0.05, 0.1) is 12.9 Å². The fraction of sp³-hybridized carbons (Fsp3) is 0.400. The third kappa shape index (κ3) is 2.00. The average molecular weight is 271 g/mol. The summed E-state index contributed by atoms with van der Waals surface area (Å²) in [6, 6.07) is 0. The molecule has 3 rings (SSSR count). The zero-order chi connectivity index (χ0) is 12.0. The molecule has 0 saturated heterocycles. The lowest BCUT2D eigenvalue weighted by Gasteiger charge is -2.02. The molecule has 1 saturated carbocycles. The van der Waals surface area contributed by atoms with Crippen molar-refractivity contribution < 1.29 is 4.79 Å². The molecular weight excluding hydrogens is 263 g/mol. The van der Waals surface area contributed by atoms with Gasteiger partial charge in [0, 0.05) is 5.92 Å². The van der Waals surface area contributed by atoms with Gasteiger partial charge in [0.15, 0.2) is 16.6 Å². The van der Waals surface area contributed by atoms with Crippen LogP contribution in [0.4, 0.5) is 0 Å². The molecule has 7 heteroatoms. The number of ketones is 1. The quantitative estimate of drug-likeness (QED) is 0.633. The van der Waals surface area contributed by atoms with Crippen LogP contribution in [-0.4, -0.2) is 25.3 Å². The standard InChI is InChI=1S/C10H8Cl2N4O/c11-8-7-9(15-10(12)14-8)16(4-13-7)3-6(17)5-1-2-5/h4-5H,1-3H2. The van der Waals surface area contributed by atoms with E-state index in [-0.39, 0.29) is 28.7 Å². The second-order valence-electron chi connectivity index (χ2n) is 4.07. The summed E-state index contributed by atoms with van der Waals surface area (Å²) >= 11 is 11.6. The molecule has 88 valence electrons. The van der Waals surface area contributed by atoms with Gasteiger partial charge in [-0.05, 0) is 24.4 Å². The van der Waals surface area contributed by atoms with Crippen LogP contribution in [0.2, 0.25) is 10.4 Å². The third-order valence-corrected chi connectivity index (χ3v) is 3.19. The number of carbonyl (C=O) groups excluding carboxylic acids is 1. The van der Waals surface area contributed by atoms with E-state index in [9.17, 15) is 4.79 Å². The van der Waals surface area contributed by atoms with Crippen LogP contribution in [0.5, 0.6) is 0 Å². The van der Waals surface area contributed by atoms with Gasteiger partial charge in [-0.25, -0.2) is 9.97 Å². The molecular formula is C10H8Cl2N4O. The molecule has 2 aromatic rings. The Morgan fingerprint density at radius 2 is 2.18 bits per heavy atom. The van der Waals surface area contributed by atoms with E-state index in [2.05, 4.69) is 15.0 Å². The Bertz CT molecular complexity index is 606. The molecule has 0 N–H and O–H groups in total. The number of nitrogens with zero attached hydrogens (tertiary/aromatic N) is 4. The van der Waals surface area contributed by atoms with Gasteiger partial charge < -0.3 is 4.57 Å². The van der Waals surface area contributed by atoms with Crippen molar-refractivity contribution in [1.29, 1.82) is 0 Å². The van der Waals surface area contributed by atoms with Crippen molar-refractivity contribution in [3.63, 3.8) is 0 Å². The first-order chi connectivity index (χ1) is 8.15. The van der Waals surface area contributed by atoms with Crippen molar-refractivity contribution in [2.24, 2.45) is 5.92 Å². The average Bonchev–Trinajstić information content (AvgIpc) is 3.04. The summed E-state index contributed by atoms with van der Waals surface area (Å²) in [6.07, 6.45) is 3.52. The molecule has 0 atom stereocenters. The van der Waals surface area contributed by atoms with Crippen molar-refractivity contribution in [2.45, 2.75) is 19.4 Å². The Kier molecular flexibility index (Phi) is 2.52. The Morgan fingerprint density at radius 3 is 2.88 bits per heavy atom. The van der Waals surface area contributed by atoms with Gasteiger partial charge in [-0.15, -0.1) is 0 Å². The lowest BCUT2D eigenvalue weighted by atomic mass is 10.2. The zero-order valence-corrected chi connectivity index (χ0v) is 10.2. The predicted octanol–water partition coefficient (Wildman–Crippen LogP) is 2.11. The van der Waals surface area contributed by atoms with Crippen LogP contribution in [0.25, 0.3) is 11.2 Å². The fourth-order valence-electron chi connectivity index (χ4n) is 1.70. The molecule has 2 heterocycles. The summed E-state index contributed by atoms with van der Waals surface area (Å²) in [7, 11) is 0. The monoisotopic (exact) mass is 270 g/mol. The molecule has 2 aromatic heterocycles. The number of hydrogen-bond donors (Lipinski definition) is 0. The number of imidazole rings is 1. The summed E-state index contributed by atoms with van der Waals surface area (Å²) in [5.41, 5.74) is 0.976. The molecule has 0 aliphatic heterocycles. The van der Waals surface area contributed by atoms with Crippen LogP contribution in [0.15, 0.2) is 6.33 Å². The topological polar surface area (TPSA) is 60.7 Å². The van der Waals surface area contributed by atoms with Crippen LogP contribution in [-0.2, 0) is 11.3 Å². The number of Topliss-reactive ketones (excluding diaryl/α,β-unsaturated/α-hetero) is 1. The van der Waals surface area contributed by atoms with E-state index >= 15 is 0 Å². The normalized spacial score (nSPS) is 15.4. The van der Waals surface area contributed by atoms with Gasteiger partial charge in [-0.3, -0.25) is 4.79 Å². The van der Waals surface area contributed by atoms with E-state index in [1.807, 2.05) is 0 Å². The Balaban J connectivity index is 2.01. The van der Waals surface area contributed by atoms with Crippen LogP contribution in [0, 0.1) is 5.92 Å². The predicted molar refractivity (Wildman–Crippen MR) is 63.1 cm³/mol. The van der Waals surface area contributed by atoms with Crippen molar-refractivity contribution in [3.05, 3.63) is 16.8 Å². The number of hydrogen-bond acceptors (Lipinski definition) is 4. The van der Waals surface area contributed by atoms with Gasteiger partial charge in [-0.1, -0.05) is 11.6 Å². The lowest BCUT2D eigenvalue weighted by molar-refractivity contribution is -0.120. The van der Waals surface area contributed by atoms with Crippen molar-refractivity contribution in [2.75, 3.05) is 0 Å². The fourth-order valence-corrected chi connectivity index (χ4v) is 2.12. The van der Waals surface area contributed by atoms with Crippen LogP contribution >= 0.6 is 23.2 Å². The molecule has 5 nitrogen and oxygen atoms in total. The Hall–Kier alpha value is -1.20. The Labute approximate surface area is 107 Å². The second-order valence-corrected chi connectivity index (χ2v) is 4.76. The minimum atomic E-state index is 0.0584. The number of aromatic nitrogens is 4. The van der Waals surface area contributed by atoms with E-state index < -0.39 is 0 Å². The largest absolute Gasteiger partial charge is 0.308 e. The highest BCUT2D eigenvalue weighted by molar-refractivity contribution is 6.35. The smallest absolute Gasteiger partial charge is 0.225 e. The minimum absolute atomic E-state index is 0.0584. The SMILES string of the molecule is O=C(Cn1cnc2c(Cl)nc(Cl)nc21)C1CC1. The highest BCUT2D eigenvalue weighted by atomic mass is 35.5. The van der Waals surface area contributed by atoms with Crippen molar-refractivity contribution in [1.82, 2.24) is 19.5 Å². The summed E-state index contributed by atoms with van der Waals surface area (Å²) in [5, 5.41) is 0.265. The van der Waals surface area contributed by atoms with Gasteiger partial charge in [0.2, 0.25) is 5.28 Å². The molecule has 0 aromatic carbocycles. The number of rotatable bonds is 3. The highest BCUT2D eigenvalue weighted by Crippen LogP contribution is 2.30. The minimum Gasteiger partial charge on any atom is -0.308 e. The van der Waals surface area contributed by atoms with Gasteiger partial charge >= 0.3 is 0 Å². The first-order valence-electron chi connectivity index (χ1n) is 5.22. The first kappa shape index (κ1) is 10.9. The zero-order valence-electron chi connectivity index (χ0n) is 8.73. The summed E-state index contributed by atoms with van der Waals surface area (Å²) in [6.45, 7) is 0.269. The van der Waals surface area contributed by atoms with Crippen molar-refractivity contribution >= 4 is 40.1 Å². The van der Waals surface area contributed by atoms with Crippen LogP contribution in [0.1, 0.15) is 12.8 Å².